The lowest BCUT2D eigenvalue weighted by atomic mass is 10.2. The molecule has 0 spiro atoms. The number of carbonyl (C=O) groups excluding carboxylic acids is 2. The standard InChI is InChI=1S/C19H18N2O5S/c1-4-25-19(24)14-10(2)13-16(22)20-15(21-17(13)27-14)11(3)26-18(23)12-8-6-5-7-9-12/h5-9,11H,4H2,1-3H3,(H,20,21,22)/t11-/m0/s1. The molecule has 1 aromatic carbocycles. The number of rotatable bonds is 5. The van der Waals surface area contributed by atoms with Crippen molar-refractivity contribution in [3.05, 3.63) is 62.5 Å². The zero-order chi connectivity index (χ0) is 19.6. The Bertz CT molecular complexity index is 1060. The van der Waals surface area contributed by atoms with Gasteiger partial charge in [0.05, 0.1) is 17.6 Å². The maximum atomic E-state index is 12.5. The van der Waals surface area contributed by atoms with Crippen molar-refractivity contribution in [2.24, 2.45) is 0 Å². The van der Waals surface area contributed by atoms with Gasteiger partial charge in [-0.1, -0.05) is 18.2 Å². The van der Waals surface area contributed by atoms with Crippen LogP contribution >= 0.6 is 11.3 Å². The Kier molecular flexibility index (Phi) is 5.36. The number of fused-ring (bicyclic) bond motifs is 1. The molecule has 3 aromatic rings. The zero-order valence-electron chi connectivity index (χ0n) is 15.1. The number of thiophene rings is 1. The van der Waals surface area contributed by atoms with Gasteiger partial charge >= 0.3 is 11.9 Å². The Labute approximate surface area is 159 Å². The predicted molar refractivity (Wildman–Crippen MR) is 101 cm³/mol. The van der Waals surface area contributed by atoms with Crippen molar-refractivity contribution in [3.63, 3.8) is 0 Å². The maximum absolute atomic E-state index is 12.5. The van der Waals surface area contributed by atoms with Gasteiger partial charge in [0, 0.05) is 0 Å². The van der Waals surface area contributed by atoms with Crippen LogP contribution in [0.15, 0.2) is 35.1 Å². The fraction of sp³-hybridized carbons (Fsp3) is 0.263. The number of aryl methyl sites for hydroxylation is 1. The van der Waals surface area contributed by atoms with Crippen LogP contribution < -0.4 is 5.56 Å². The van der Waals surface area contributed by atoms with Gasteiger partial charge in [-0.2, -0.15) is 0 Å². The number of aromatic amines is 1. The molecule has 8 heteroatoms. The van der Waals surface area contributed by atoms with Gasteiger partial charge in [0.2, 0.25) is 0 Å². The molecule has 7 nitrogen and oxygen atoms in total. The number of hydrogen-bond donors (Lipinski definition) is 1. The third kappa shape index (κ3) is 3.75. The third-order valence-electron chi connectivity index (χ3n) is 3.96. The van der Waals surface area contributed by atoms with E-state index in [0.29, 0.717) is 26.2 Å². The summed E-state index contributed by atoms with van der Waals surface area (Å²) in [6.45, 7) is 5.26. The lowest BCUT2D eigenvalue weighted by Gasteiger charge is -2.12. The van der Waals surface area contributed by atoms with E-state index in [-0.39, 0.29) is 18.0 Å². The molecular weight excluding hydrogens is 368 g/mol. The van der Waals surface area contributed by atoms with E-state index in [1.807, 2.05) is 0 Å². The number of benzene rings is 1. The third-order valence-corrected chi connectivity index (χ3v) is 5.12. The topological polar surface area (TPSA) is 98.3 Å². The summed E-state index contributed by atoms with van der Waals surface area (Å²) < 4.78 is 10.4. The second-order valence-corrected chi connectivity index (χ2v) is 6.82. The molecule has 27 heavy (non-hydrogen) atoms. The second-order valence-electron chi connectivity index (χ2n) is 5.82. The average Bonchev–Trinajstić information content (AvgIpc) is 2.99. The molecule has 0 aliphatic heterocycles. The molecule has 140 valence electrons. The highest BCUT2D eigenvalue weighted by Gasteiger charge is 2.22. The molecule has 1 atom stereocenters. The number of ether oxygens (including phenoxy) is 2. The molecule has 0 saturated carbocycles. The van der Waals surface area contributed by atoms with Gasteiger partial charge in [0.1, 0.15) is 9.71 Å². The SMILES string of the molecule is CCOC(=O)c1sc2nc([C@H](C)OC(=O)c3ccccc3)[nH]c(=O)c2c1C. The lowest BCUT2D eigenvalue weighted by Crippen LogP contribution is -2.17. The van der Waals surface area contributed by atoms with Crippen molar-refractivity contribution in [2.75, 3.05) is 6.61 Å². The summed E-state index contributed by atoms with van der Waals surface area (Å²) in [6.07, 6.45) is -0.761. The molecule has 0 aliphatic carbocycles. The Morgan fingerprint density at radius 1 is 1.22 bits per heavy atom. The average molecular weight is 386 g/mol. The van der Waals surface area contributed by atoms with Crippen LogP contribution in [0.1, 0.15) is 51.4 Å². The highest BCUT2D eigenvalue weighted by atomic mass is 32.1. The van der Waals surface area contributed by atoms with Gasteiger partial charge < -0.3 is 14.5 Å². The van der Waals surface area contributed by atoms with Gasteiger partial charge in [-0.15, -0.1) is 11.3 Å². The van der Waals surface area contributed by atoms with Crippen LogP contribution in [0.5, 0.6) is 0 Å². The summed E-state index contributed by atoms with van der Waals surface area (Å²) >= 11 is 1.09. The molecule has 0 radical (unpaired) electrons. The van der Waals surface area contributed by atoms with E-state index >= 15 is 0 Å². The monoisotopic (exact) mass is 386 g/mol. The van der Waals surface area contributed by atoms with Crippen molar-refractivity contribution >= 4 is 33.5 Å². The number of aromatic nitrogens is 2. The quantitative estimate of drug-likeness (QED) is 0.675. The van der Waals surface area contributed by atoms with Crippen LogP contribution in [-0.2, 0) is 9.47 Å². The smallest absolute Gasteiger partial charge is 0.348 e. The van der Waals surface area contributed by atoms with Gasteiger partial charge in [-0.3, -0.25) is 4.79 Å². The van der Waals surface area contributed by atoms with E-state index in [4.69, 9.17) is 9.47 Å². The Hall–Kier alpha value is -3.00. The maximum Gasteiger partial charge on any atom is 0.348 e. The van der Waals surface area contributed by atoms with Crippen LogP contribution in [0.3, 0.4) is 0 Å². The first-order chi connectivity index (χ1) is 12.9. The van der Waals surface area contributed by atoms with Gasteiger partial charge in [0.15, 0.2) is 11.9 Å². The summed E-state index contributed by atoms with van der Waals surface area (Å²) in [4.78, 5) is 44.5. The molecule has 0 bridgehead atoms. The summed E-state index contributed by atoms with van der Waals surface area (Å²) in [6, 6.07) is 8.55. The number of carbonyl (C=O) groups is 2. The van der Waals surface area contributed by atoms with Crippen molar-refractivity contribution in [2.45, 2.75) is 26.9 Å². The zero-order valence-corrected chi connectivity index (χ0v) is 15.9. The van der Waals surface area contributed by atoms with Crippen LogP contribution in [-0.4, -0.2) is 28.5 Å². The molecule has 0 unspecified atom stereocenters. The van der Waals surface area contributed by atoms with Crippen molar-refractivity contribution in [1.82, 2.24) is 9.97 Å². The first-order valence-corrected chi connectivity index (χ1v) is 9.20. The van der Waals surface area contributed by atoms with E-state index in [2.05, 4.69) is 9.97 Å². The van der Waals surface area contributed by atoms with Crippen LogP contribution in [0.2, 0.25) is 0 Å². The van der Waals surface area contributed by atoms with Crippen molar-refractivity contribution in [1.29, 1.82) is 0 Å². The number of hydrogen-bond acceptors (Lipinski definition) is 7. The van der Waals surface area contributed by atoms with Gasteiger partial charge in [0.25, 0.3) is 5.56 Å². The van der Waals surface area contributed by atoms with E-state index in [9.17, 15) is 14.4 Å². The number of esters is 2. The second kappa shape index (κ2) is 7.71. The fourth-order valence-electron chi connectivity index (χ4n) is 2.60. The van der Waals surface area contributed by atoms with E-state index in [0.717, 1.165) is 11.3 Å². The number of H-pyrrole nitrogens is 1. The summed E-state index contributed by atoms with van der Waals surface area (Å²) in [5.74, 6) is -0.781. The highest BCUT2D eigenvalue weighted by Crippen LogP contribution is 2.28. The molecule has 0 amide bonds. The number of nitrogens with zero attached hydrogens (tertiary/aromatic N) is 1. The van der Waals surface area contributed by atoms with Crippen LogP contribution in [0.4, 0.5) is 0 Å². The summed E-state index contributed by atoms with van der Waals surface area (Å²) in [5, 5.41) is 0.341. The largest absolute Gasteiger partial charge is 0.462 e. The van der Waals surface area contributed by atoms with Crippen LogP contribution in [0.25, 0.3) is 10.2 Å². The fourth-order valence-corrected chi connectivity index (χ4v) is 3.69. The predicted octanol–water partition coefficient (Wildman–Crippen LogP) is 3.39. The lowest BCUT2D eigenvalue weighted by molar-refractivity contribution is 0.0319. The number of nitrogens with one attached hydrogen (secondary N) is 1. The Morgan fingerprint density at radius 2 is 1.93 bits per heavy atom. The highest BCUT2D eigenvalue weighted by molar-refractivity contribution is 7.20. The molecule has 0 saturated heterocycles. The first kappa shape index (κ1) is 18.8. The van der Waals surface area contributed by atoms with E-state index < -0.39 is 18.0 Å². The normalized spacial score (nSPS) is 12.0. The summed E-state index contributed by atoms with van der Waals surface area (Å²) in [5.41, 5.74) is 0.550. The summed E-state index contributed by atoms with van der Waals surface area (Å²) in [7, 11) is 0. The molecule has 1 N–H and O–H groups in total. The Balaban J connectivity index is 1.92. The minimum atomic E-state index is -0.761. The van der Waals surface area contributed by atoms with Crippen molar-refractivity contribution in [3.8, 4) is 0 Å². The molecule has 3 rings (SSSR count). The molecule has 2 heterocycles. The molecule has 0 aliphatic rings. The van der Waals surface area contributed by atoms with Gasteiger partial charge in [-0.05, 0) is 38.5 Å². The van der Waals surface area contributed by atoms with Gasteiger partial charge in [-0.25, -0.2) is 14.6 Å². The molecule has 0 fully saturated rings. The minimum absolute atomic E-state index is 0.216. The van der Waals surface area contributed by atoms with Crippen molar-refractivity contribution < 1.29 is 19.1 Å². The van der Waals surface area contributed by atoms with E-state index in [1.165, 1.54) is 0 Å². The van der Waals surface area contributed by atoms with Crippen LogP contribution in [0, 0.1) is 6.92 Å². The molecule has 2 aromatic heterocycles. The minimum Gasteiger partial charge on any atom is -0.462 e. The molecular formula is C19H18N2O5S. The Morgan fingerprint density at radius 3 is 2.59 bits per heavy atom. The van der Waals surface area contributed by atoms with E-state index in [1.54, 1.807) is 51.1 Å². The first-order valence-electron chi connectivity index (χ1n) is 8.38.